The van der Waals surface area contributed by atoms with Gasteiger partial charge in [0.1, 0.15) is 0 Å². The van der Waals surface area contributed by atoms with Crippen molar-refractivity contribution in [2.45, 2.75) is 31.8 Å². The van der Waals surface area contributed by atoms with Crippen LogP contribution >= 0.6 is 24.0 Å². The van der Waals surface area contributed by atoms with E-state index in [0.29, 0.717) is 6.10 Å². The van der Waals surface area contributed by atoms with Crippen LogP contribution in [-0.4, -0.2) is 77.1 Å². The Bertz CT molecular complexity index is 338. The van der Waals surface area contributed by atoms with Crippen LogP contribution in [-0.2, 0) is 9.47 Å². The first kappa shape index (κ1) is 20.9. The van der Waals surface area contributed by atoms with E-state index in [1.54, 1.807) is 0 Å². The summed E-state index contributed by atoms with van der Waals surface area (Å²) in [5, 5.41) is 6.77. The minimum atomic E-state index is 0. The lowest BCUT2D eigenvalue weighted by atomic mass is 10.1. The molecule has 0 radical (unpaired) electrons. The number of ether oxygens (including phenoxy) is 2. The molecular weight excluding hydrogens is 407 g/mol. The molecule has 2 fully saturated rings. The van der Waals surface area contributed by atoms with E-state index < -0.39 is 0 Å². The lowest BCUT2D eigenvalue weighted by molar-refractivity contribution is 0.0168. The molecule has 2 saturated heterocycles. The molecule has 2 aliphatic heterocycles. The highest BCUT2D eigenvalue weighted by Gasteiger charge is 2.19. The summed E-state index contributed by atoms with van der Waals surface area (Å²) in [5.74, 6) is 1.63. The van der Waals surface area contributed by atoms with Crippen LogP contribution in [0.1, 0.15) is 25.7 Å². The van der Waals surface area contributed by atoms with Crippen molar-refractivity contribution in [1.82, 2.24) is 15.5 Å². The van der Waals surface area contributed by atoms with Gasteiger partial charge in [-0.1, -0.05) is 0 Å². The molecule has 2 rings (SSSR count). The number of rotatable bonds is 8. The van der Waals surface area contributed by atoms with Gasteiger partial charge in [-0.25, -0.2) is 0 Å². The number of hydrogen-bond donors (Lipinski definition) is 2. The van der Waals surface area contributed by atoms with E-state index in [4.69, 9.17) is 9.47 Å². The second kappa shape index (κ2) is 12.3. The molecule has 2 heterocycles. The minimum Gasteiger partial charge on any atom is -0.379 e. The van der Waals surface area contributed by atoms with E-state index in [-0.39, 0.29) is 24.0 Å². The number of nitrogens with zero attached hydrogens (tertiary/aromatic N) is 2. The van der Waals surface area contributed by atoms with Crippen molar-refractivity contribution in [2.75, 3.05) is 60.1 Å². The number of nitrogens with one attached hydrogen (secondary N) is 2. The van der Waals surface area contributed by atoms with Gasteiger partial charge in [-0.2, -0.15) is 0 Å². The van der Waals surface area contributed by atoms with Gasteiger partial charge >= 0.3 is 0 Å². The first-order chi connectivity index (χ1) is 10.8. The van der Waals surface area contributed by atoms with Gasteiger partial charge < -0.3 is 25.0 Å². The fraction of sp³-hybridized carbons (Fsp3) is 0.938. The van der Waals surface area contributed by atoms with Crippen LogP contribution in [0.25, 0.3) is 0 Å². The van der Waals surface area contributed by atoms with E-state index in [9.17, 15) is 0 Å². The largest absolute Gasteiger partial charge is 0.379 e. The van der Waals surface area contributed by atoms with Crippen LogP contribution in [0.3, 0.4) is 0 Å². The molecule has 23 heavy (non-hydrogen) atoms. The third kappa shape index (κ3) is 8.51. The van der Waals surface area contributed by atoms with Gasteiger partial charge in [0.15, 0.2) is 5.96 Å². The molecule has 0 aliphatic carbocycles. The second-order valence-corrected chi connectivity index (χ2v) is 6.36. The third-order valence-corrected chi connectivity index (χ3v) is 4.36. The van der Waals surface area contributed by atoms with E-state index >= 15 is 0 Å². The Morgan fingerprint density at radius 2 is 2.22 bits per heavy atom. The summed E-state index contributed by atoms with van der Waals surface area (Å²) in [6.45, 7) is 6.69. The molecule has 136 valence electrons. The molecule has 2 aliphatic rings. The summed E-state index contributed by atoms with van der Waals surface area (Å²) >= 11 is 0. The zero-order valence-corrected chi connectivity index (χ0v) is 16.9. The van der Waals surface area contributed by atoms with Crippen molar-refractivity contribution in [3.8, 4) is 0 Å². The lowest BCUT2D eigenvalue weighted by Gasteiger charge is -2.15. The molecular formula is C16H33IN4O2. The summed E-state index contributed by atoms with van der Waals surface area (Å²) in [6, 6.07) is 0. The predicted molar refractivity (Wildman–Crippen MR) is 105 cm³/mol. The van der Waals surface area contributed by atoms with Crippen LogP contribution in [0.5, 0.6) is 0 Å². The molecule has 0 aromatic heterocycles. The molecule has 0 aromatic carbocycles. The molecule has 0 amide bonds. The number of guanidine groups is 1. The zero-order valence-electron chi connectivity index (χ0n) is 14.6. The monoisotopic (exact) mass is 440 g/mol. The molecule has 2 unspecified atom stereocenters. The van der Waals surface area contributed by atoms with Crippen molar-refractivity contribution < 1.29 is 9.47 Å². The fourth-order valence-electron chi connectivity index (χ4n) is 3.03. The standard InChI is InChI=1S/C16H32N4O2.HI/c1-17-16(19-11-14-6-8-20(2)12-14)18-7-4-9-21-13-15-5-3-10-22-15;/h14-15H,3-13H2,1-2H3,(H2,17,18,19);1H. The molecule has 0 spiro atoms. The fourth-order valence-corrected chi connectivity index (χ4v) is 3.03. The zero-order chi connectivity index (χ0) is 15.6. The summed E-state index contributed by atoms with van der Waals surface area (Å²) in [6.07, 6.45) is 4.91. The van der Waals surface area contributed by atoms with Crippen molar-refractivity contribution in [1.29, 1.82) is 0 Å². The SMILES string of the molecule is CN=C(NCCCOCC1CCCO1)NCC1CCN(C)C1.I. The Labute approximate surface area is 157 Å². The average Bonchev–Trinajstić information content (AvgIpc) is 3.17. The Balaban J connectivity index is 0.00000264. The maximum Gasteiger partial charge on any atom is 0.190 e. The summed E-state index contributed by atoms with van der Waals surface area (Å²) in [5.41, 5.74) is 0. The van der Waals surface area contributed by atoms with Gasteiger partial charge in [0.05, 0.1) is 12.7 Å². The minimum absolute atomic E-state index is 0. The van der Waals surface area contributed by atoms with Crippen LogP contribution in [0.4, 0.5) is 0 Å². The number of hydrogen-bond acceptors (Lipinski definition) is 4. The van der Waals surface area contributed by atoms with E-state index in [1.165, 1.54) is 25.9 Å². The van der Waals surface area contributed by atoms with Crippen molar-refractivity contribution in [3.63, 3.8) is 0 Å². The maximum absolute atomic E-state index is 5.66. The molecule has 2 N–H and O–H groups in total. The summed E-state index contributed by atoms with van der Waals surface area (Å²) in [7, 11) is 4.01. The molecule has 0 bridgehead atoms. The highest BCUT2D eigenvalue weighted by Crippen LogP contribution is 2.13. The molecule has 0 saturated carbocycles. The van der Waals surface area contributed by atoms with Crippen molar-refractivity contribution >= 4 is 29.9 Å². The third-order valence-electron chi connectivity index (χ3n) is 4.36. The predicted octanol–water partition coefficient (Wildman–Crippen LogP) is 1.31. The number of likely N-dealkylation sites (tertiary alicyclic amines) is 1. The summed E-state index contributed by atoms with van der Waals surface area (Å²) < 4.78 is 11.2. The van der Waals surface area contributed by atoms with Crippen LogP contribution < -0.4 is 10.6 Å². The smallest absolute Gasteiger partial charge is 0.190 e. The van der Waals surface area contributed by atoms with Crippen LogP contribution in [0.2, 0.25) is 0 Å². The summed E-state index contributed by atoms with van der Waals surface area (Å²) in [4.78, 5) is 6.65. The van der Waals surface area contributed by atoms with Gasteiger partial charge in [0, 0.05) is 39.9 Å². The Morgan fingerprint density at radius 3 is 2.87 bits per heavy atom. The number of halogens is 1. The molecule has 7 heteroatoms. The van der Waals surface area contributed by atoms with Gasteiger partial charge in [-0.05, 0) is 45.2 Å². The molecule has 2 atom stereocenters. The van der Waals surface area contributed by atoms with Gasteiger partial charge in [0.2, 0.25) is 0 Å². The van der Waals surface area contributed by atoms with Gasteiger partial charge in [-0.15, -0.1) is 24.0 Å². The Hall–Kier alpha value is -0.120. The van der Waals surface area contributed by atoms with Crippen molar-refractivity contribution in [3.05, 3.63) is 0 Å². The van der Waals surface area contributed by atoms with Crippen LogP contribution in [0, 0.1) is 5.92 Å². The van der Waals surface area contributed by atoms with Crippen molar-refractivity contribution in [2.24, 2.45) is 10.9 Å². The lowest BCUT2D eigenvalue weighted by Crippen LogP contribution is -2.40. The topological polar surface area (TPSA) is 58.1 Å². The van der Waals surface area contributed by atoms with Gasteiger partial charge in [-0.3, -0.25) is 4.99 Å². The van der Waals surface area contributed by atoms with E-state index in [0.717, 1.165) is 57.6 Å². The maximum atomic E-state index is 5.66. The molecule has 0 aromatic rings. The molecule has 6 nitrogen and oxygen atoms in total. The Kier molecular flexibility index (Phi) is 11.2. The van der Waals surface area contributed by atoms with E-state index in [1.807, 2.05) is 7.05 Å². The average molecular weight is 440 g/mol. The highest BCUT2D eigenvalue weighted by molar-refractivity contribution is 14.0. The number of aliphatic imine (C=N–C) groups is 1. The van der Waals surface area contributed by atoms with Crippen LogP contribution in [0.15, 0.2) is 4.99 Å². The Morgan fingerprint density at radius 1 is 1.35 bits per heavy atom. The highest BCUT2D eigenvalue weighted by atomic mass is 127. The van der Waals surface area contributed by atoms with Gasteiger partial charge in [0.25, 0.3) is 0 Å². The second-order valence-electron chi connectivity index (χ2n) is 6.36. The normalized spacial score (nSPS) is 25.4. The quantitative estimate of drug-likeness (QED) is 0.258. The van der Waals surface area contributed by atoms with E-state index in [2.05, 4.69) is 27.6 Å². The first-order valence-electron chi connectivity index (χ1n) is 8.60. The first-order valence-corrected chi connectivity index (χ1v) is 8.60.